The Balaban J connectivity index is 1.61. The number of benzene rings is 2. The Bertz CT molecular complexity index is 1250. The second-order valence-electron chi connectivity index (χ2n) is 6.59. The summed E-state index contributed by atoms with van der Waals surface area (Å²) in [5, 5.41) is 4.72. The topological polar surface area (TPSA) is 112 Å². The molecule has 2 N–H and O–H groups in total. The van der Waals surface area contributed by atoms with E-state index in [1.54, 1.807) is 24.3 Å². The molecule has 2 aromatic heterocycles. The zero-order chi connectivity index (χ0) is 19.3. The van der Waals surface area contributed by atoms with Gasteiger partial charge in [-0.2, -0.15) is 0 Å². The van der Waals surface area contributed by atoms with E-state index in [0.717, 1.165) is 21.4 Å². The number of hydrogen-bond donors (Lipinski definition) is 2. The van der Waals surface area contributed by atoms with Gasteiger partial charge in [-0.15, -0.1) is 0 Å². The zero-order valence-electron chi connectivity index (χ0n) is 14.5. The summed E-state index contributed by atoms with van der Waals surface area (Å²) in [6.45, 7) is 0. The molecule has 3 heterocycles. The molecule has 0 spiro atoms. The first kappa shape index (κ1) is 16.2. The Morgan fingerprint density at radius 1 is 0.964 bits per heavy atom. The highest BCUT2D eigenvalue weighted by atomic mass is 16.5. The minimum absolute atomic E-state index is 0.129. The molecule has 1 unspecified atom stereocenters. The molecule has 2 aromatic carbocycles. The number of nitrogens with one attached hydrogen (secondary N) is 2. The van der Waals surface area contributed by atoms with Crippen LogP contribution in [0.1, 0.15) is 38.1 Å². The van der Waals surface area contributed by atoms with Crippen molar-refractivity contribution in [2.45, 2.75) is 12.5 Å². The van der Waals surface area contributed by atoms with Gasteiger partial charge in [0.15, 0.2) is 5.82 Å². The molecule has 8 heteroatoms. The number of carbonyl (C=O) groups excluding carboxylic acids is 2. The fourth-order valence-electron chi connectivity index (χ4n) is 3.69. The molecule has 1 aliphatic rings. The van der Waals surface area contributed by atoms with Gasteiger partial charge in [-0.05, 0) is 23.8 Å². The van der Waals surface area contributed by atoms with E-state index in [-0.39, 0.29) is 12.2 Å². The van der Waals surface area contributed by atoms with Gasteiger partial charge in [-0.3, -0.25) is 24.0 Å². The number of rotatable bonds is 4. The van der Waals surface area contributed by atoms with Gasteiger partial charge < -0.3 is 4.98 Å². The average molecular weight is 374 g/mol. The molecular formula is C20H14N4O4. The predicted molar refractivity (Wildman–Crippen MR) is 98.8 cm³/mol. The minimum atomic E-state index is -0.807. The molecule has 28 heavy (non-hydrogen) atoms. The number of hydrogen-bond acceptors (Lipinski definition) is 5. The molecule has 4 aromatic rings. The number of amides is 2. The van der Waals surface area contributed by atoms with E-state index in [0.29, 0.717) is 11.1 Å². The molecule has 0 radical (unpaired) electrons. The van der Waals surface area contributed by atoms with E-state index in [2.05, 4.69) is 19.6 Å². The molecule has 0 fully saturated rings. The van der Waals surface area contributed by atoms with Gasteiger partial charge in [-0.25, -0.2) is 4.79 Å². The normalized spacial score (nSPS) is 14.6. The summed E-state index contributed by atoms with van der Waals surface area (Å²) in [7, 11) is 0. The number of H-pyrrole nitrogens is 2. The minimum Gasteiger partial charge on any atom is -0.361 e. The highest BCUT2D eigenvalue weighted by Gasteiger charge is 2.42. The van der Waals surface area contributed by atoms with Crippen molar-refractivity contribution in [1.82, 2.24) is 20.0 Å². The Kier molecular flexibility index (Phi) is 3.51. The second kappa shape index (κ2) is 6.05. The summed E-state index contributed by atoms with van der Waals surface area (Å²) in [4.78, 5) is 44.3. The van der Waals surface area contributed by atoms with E-state index < -0.39 is 23.6 Å². The Morgan fingerprint density at radius 2 is 1.64 bits per heavy atom. The predicted octanol–water partition coefficient (Wildman–Crippen LogP) is 2.42. The van der Waals surface area contributed by atoms with Crippen molar-refractivity contribution in [3.63, 3.8) is 0 Å². The third-order valence-electron chi connectivity index (χ3n) is 5.00. The van der Waals surface area contributed by atoms with Gasteiger partial charge in [0.25, 0.3) is 11.8 Å². The van der Waals surface area contributed by atoms with Crippen LogP contribution in [0.2, 0.25) is 0 Å². The largest absolute Gasteiger partial charge is 0.438 e. The van der Waals surface area contributed by atoms with Gasteiger partial charge in [0.2, 0.25) is 0 Å². The van der Waals surface area contributed by atoms with Crippen molar-refractivity contribution in [3.8, 4) is 0 Å². The van der Waals surface area contributed by atoms with Gasteiger partial charge in [0.1, 0.15) is 6.04 Å². The monoisotopic (exact) mass is 374 g/mol. The fourth-order valence-corrected chi connectivity index (χ4v) is 3.69. The maximum absolute atomic E-state index is 13.0. The van der Waals surface area contributed by atoms with E-state index in [1.807, 2.05) is 30.5 Å². The number of imide groups is 1. The maximum Gasteiger partial charge on any atom is 0.438 e. The lowest BCUT2D eigenvalue weighted by Crippen LogP contribution is -2.36. The SMILES string of the molecule is O=C1c2ccccc2C(=O)N1C(Cc1c[nH]c2ccccc12)c1noc(=O)[nH]1. The first-order valence-corrected chi connectivity index (χ1v) is 8.71. The van der Waals surface area contributed by atoms with Crippen LogP contribution in [0.15, 0.2) is 64.0 Å². The molecule has 5 rings (SSSR count). The van der Waals surface area contributed by atoms with E-state index in [9.17, 15) is 14.4 Å². The summed E-state index contributed by atoms with van der Waals surface area (Å²) in [6, 6.07) is 13.6. The van der Waals surface area contributed by atoms with Crippen LogP contribution in [0, 0.1) is 0 Å². The van der Waals surface area contributed by atoms with Crippen molar-refractivity contribution in [2.24, 2.45) is 0 Å². The van der Waals surface area contributed by atoms with Gasteiger partial charge in [-0.1, -0.05) is 35.5 Å². The second-order valence-corrected chi connectivity index (χ2v) is 6.59. The van der Waals surface area contributed by atoms with Crippen molar-refractivity contribution < 1.29 is 14.1 Å². The molecule has 1 aliphatic heterocycles. The van der Waals surface area contributed by atoms with Crippen LogP contribution in [0.25, 0.3) is 10.9 Å². The Labute approximate surface area is 157 Å². The van der Waals surface area contributed by atoms with Crippen LogP contribution >= 0.6 is 0 Å². The third kappa shape index (κ3) is 2.38. The molecule has 2 amide bonds. The van der Waals surface area contributed by atoms with Crippen LogP contribution in [0.4, 0.5) is 0 Å². The molecule has 1 atom stereocenters. The molecule has 0 aliphatic carbocycles. The van der Waals surface area contributed by atoms with Crippen LogP contribution < -0.4 is 5.76 Å². The number of carbonyl (C=O) groups is 2. The van der Waals surface area contributed by atoms with E-state index in [1.165, 1.54) is 0 Å². The summed E-state index contributed by atoms with van der Waals surface area (Å²) < 4.78 is 4.64. The van der Waals surface area contributed by atoms with Gasteiger partial charge in [0, 0.05) is 23.5 Å². The molecule has 138 valence electrons. The summed E-state index contributed by atoms with van der Waals surface area (Å²) in [5.41, 5.74) is 2.50. The smallest absolute Gasteiger partial charge is 0.361 e. The summed E-state index contributed by atoms with van der Waals surface area (Å²) >= 11 is 0. The molecular weight excluding hydrogens is 360 g/mol. The first-order valence-electron chi connectivity index (χ1n) is 8.71. The van der Waals surface area contributed by atoms with Gasteiger partial charge in [0.05, 0.1) is 11.1 Å². The van der Waals surface area contributed by atoms with Crippen LogP contribution in [0.5, 0.6) is 0 Å². The fraction of sp³-hybridized carbons (Fsp3) is 0.100. The molecule has 0 saturated heterocycles. The first-order chi connectivity index (χ1) is 13.6. The average Bonchev–Trinajstić information content (AvgIpc) is 3.39. The van der Waals surface area contributed by atoms with Crippen molar-refractivity contribution in [3.05, 3.63) is 87.8 Å². The summed E-state index contributed by atoms with van der Waals surface area (Å²) in [6.07, 6.45) is 2.10. The lowest BCUT2D eigenvalue weighted by Gasteiger charge is -2.23. The van der Waals surface area contributed by atoms with Crippen molar-refractivity contribution >= 4 is 22.7 Å². The van der Waals surface area contributed by atoms with Gasteiger partial charge >= 0.3 is 5.76 Å². The quantitative estimate of drug-likeness (QED) is 0.533. The molecule has 8 nitrogen and oxygen atoms in total. The number of fused-ring (bicyclic) bond motifs is 2. The maximum atomic E-state index is 13.0. The third-order valence-corrected chi connectivity index (χ3v) is 5.00. The lowest BCUT2D eigenvalue weighted by molar-refractivity contribution is 0.0572. The summed E-state index contributed by atoms with van der Waals surface area (Å²) in [5.74, 6) is -1.45. The highest BCUT2D eigenvalue weighted by Crippen LogP contribution is 2.33. The highest BCUT2D eigenvalue weighted by molar-refractivity contribution is 6.21. The van der Waals surface area contributed by atoms with E-state index in [4.69, 9.17) is 0 Å². The molecule has 0 bridgehead atoms. The van der Waals surface area contributed by atoms with Crippen molar-refractivity contribution in [2.75, 3.05) is 0 Å². The Morgan fingerprint density at radius 3 is 2.32 bits per heavy atom. The number of para-hydroxylation sites is 1. The molecule has 0 saturated carbocycles. The number of aromatic amines is 2. The number of nitrogens with zero attached hydrogens (tertiary/aromatic N) is 2. The van der Waals surface area contributed by atoms with Crippen LogP contribution in [0.3, 0.4) is 0 Å². The zero-order valence-corrected chi connectivity index (χ0v) is 14.5. The number of aromatic nitrogens is 3. The van der Waals surface area contributed by atoms with Crippen LogP contribution in [-0.2, 0) is 6.42 Å². The van der Waals surface area contributed by atoms with Crippen LogP contribution in [-0.4, -0.2) is 31.8 Å². The van der Waals surface area contributed by atoms with E-state index >= 15 is 0 Å². The lowest BCUT2D eigenvalue weighted by atomic mass is 10.0. The standard InChI is InChI=1S/C20H14N4O4/c25-18-13-6-1-2-7-14(13)19(26)24(18)16(17-22-20(27)28-23-17)9-11-10-21-15-8-4-3-5-12(11)15/h1-8,10,16,21H,9H2,(H,22,23,27). The Hall–Kier alpha value is -3.94. The van der Waals surface area contributed by atoms with Crippen molar-refractivity contribution in [1.29, 1.82) is 0 Å².